The van der Waals surface area contributed by atoms with Gasteiger partial charge in [-0.1, -0.05) is 22.6 Å². The van der Waals surface area contributed by atoms with E-state index in [-0.39, 0.29) is 4.75 Å². The summed E-state index contributed by atoms with van der Waals surface area (Å²) in [6, 6.07) is 7.79. The summed E-state index contributed by atoms with van der Waals surface area (Å²) in [7, 11) is 1.59. The number of rotatable bonds is 3. The number of fused-ring (bicyclic) bond motifs is 1. The lowest BCUT2D eigenvalue weighted by atomic mass is 10.1. The summed E-state index contributed by atoms with van der Waals surface area (Å²) in [5.41, 5.74) is 0.832. The summed E-state index contributed by atoms with van der Waals surface area (Å²) in [5.74, 6) is 0.578. The number of hydrogen-bond acceptors (Lipinski definition) is 4. The molecule has 2 aromatic rings. The van der Waals surface area contributed by atoms with Crippen molar-refractivity contribution in [1.82, 2.24) is 4.98 Å². The Morgan fingerprint density at radius 2 is 1.90 bits per heavy atom. The van der Waals surface area contributed by atoms with Crippen LogP contribution >= 0.6 is 0 Å². The van der Waals surface area contributed by atoms with Crippen molar-refractivity contribution in [2.24, 2.45) is 4.40 Å². The molecule has 0 saturated carbocycles. The van der Waals surface area contributed by atoms with Gasteiger partial charge in [0.15, 0.2) is 0 Å². The van der Waals surface area contributed by atoms with Crippen molar-refractivity contribution in [3.8, 4) is 5.88 Å². The highest BCUT2D eigenvalue weighted by Gasteiger charge is 2.25. The minimum Gasteiger partial charge on any atom is -0.591 e. The van der Waals surface area contributed by atoms with Gasteiger partial charge < -0.3 is 9.29 Å². The van der Waals surface area contributed by atoms with Gasteiger partial charge in [-0.05, 0) is 32.2 Å². The summed E-state index contributed by atoms with van der Waals surface area (Å²) in [6.07, 6.45) is 3.31. The van der Waals surface area contributed by atoms with Crippen molar-refractivity contribution in [2.75, 3.05) is 7.11 Å². The van der Waals surface area contributed by atoms with E-state index in [4.69, 9.17) is 4.74 Å². The van der Waals surface area contributed by atoms with Crippen LogP contribution in [0.3, 0.4) is 0 Å². The van der Waals surface area contributed by atoms with Crippen molar-refractivity contribution >= 4 is 28.3 Å². The molecule has 0 aliphatic heterocycles. The predicted octanol–water partition coefficient (Wildman–Crippen LogP) is 3.12. The molecule has 1 aromatic heterocycles. The number of aromatic nitrogens is 1. The Morgan fingerprint density at radius 1 is 1.25 bits per heavy atom. The Morgan fingerprint density at radius 3 is 2.50 bits per heavy atom. The highest BCUT2D eigenvalue weighted by molar-refractivity contribution is 7.91. The molecule has 1 atom stereocenters. The zero-order chi connectivity index (χ0) is 14.8. The third-order valence-electron chi connectivity index (χ3n) is 2.79. The topological polar surface area (TPSA) is 57.5 Å². The van der Waals surface area contributed by atoms with E-state index < -0.39 is 11.4 Å². The van der Waals surface area contributed by atoms with Gasteiger partial charge in [-0.3, -0.25) is 0 Å². The Kier molecular flexibility index (Phi) is 4.30. The zero-order valence-electron chi connectivity index (χ0n) is 12.1. The SMILES string of the molecule is COc1ncc(/C=N/[S+]([O-])C(C)(C)C)c2ccccc12. The molecule has 0 bridgehead atoms. The van der Waals surface area contributed by atoms with Crippen molar-refractivity contribution in [1.29, 1.82) is 0 Å². The molecule has 106 valence electrons. The van der Waals surface area contributed by atoms with E-state index in [0.717, 1.165) is 16.3 Å². The van der Waals surface area contributed by atoms with Crippen LogP contribution in [0.4, 0.5) is 0 Å². The molecule has 0 amide bonds. The Hall–Kier alpha value is -1.59. The maximum atomic E-state index is 12.0. The van der Waals surface area contributed by atoms with Gasteiger partial charge in [0.25, 0.3) is 0 Å². The fourth-order valence-corrected chi connectivity index (χ4v) is 2.24. The lowest BCUT2D eigenvalue weighted by Gasteiger charge is -2.17. The van der Waals surface area contributed by atoms with Crippen molar-refractivity contribution in [3.05, 3.63) is 36.0 Å². The number of benzene rings is 1. The van der Waals surface area contributed by atoms with Crippen LogP contribution in [0.25, 0.3) is 10.8 Å². The highest BCUT2D eigenvalue weighted by atomic mass is 32.2. The van der Waals surface area contributed by atoms with E-state index in [1.165, 1.54) is 0 Å². The Bertz CT molecular complexity index is 635. The quantitative estimate of drug-likeness (QED) is 0.644. The first-order valence-electron chi connectivity index (χ1n) is 6.31. The van der Waals surface area contributed by atoms with E-state index in [0.29, 0.717) is 5.88 Å². The largest absolute Gasteiger partial charge is 0.591 e. The van der Waals surface area contributed by atoms with Gasteiger partial charge in [0.1, 0.15) is 16.1 Å². The number of hydrogen-bond donors (Lipinski definition) is 0. The van der Waals surface area contributed by atoms with Crippen LogP contribution < -0.4 is 4.74 Å². The molecule has 0 fully saturated rings. The second kappa shape index (κ2) is 5.81. The first kappa shape index (κ1) is 14.8. The normalized spacial score (nSPS) is 13.8. The van der Waals surface area contributed by atoms with Crippen LogP contribution in [-0.4, -0.2) is 27.6 Å². The second-order valence-electron chi connectivity index (χ2n) is 5.36. The lowest BCUT2D eigenvalue weighted by Crippen LogP contribution is -2.25. The number of ether oxygens (including phenoxy) is 1. The van der Waals surface area contributed by atoms with Crippen molar-refractivity contribution in [3.63, 3.8) is 0 Å². The van der Waals surface area contributed by atoms with Gasteiger partial charge >= 0.3 is 0 Å². The summed E-state index contributed by atoms with van der Waals surface area (Å²) in [4.78, 5) is 4.25. The van der Waals surface area contributed by atoms with Crippen LogP contribution in [0.15, 0.2) is 34.9 Å². The number of pyridine rings is 1. The molecule has 0 radical (unpaired) electrons. The molecule has 0 spiro atoms. The molecule has 0 aliphatic carbocycles. The smallest absolute Gasteiger partial charge is 0.221 e. The van der Waals surface area contributed by atoms with E-state index in [2.05, 4.69) is 9.38 Å². The van der Waals surface area contributed by atoms with Crippen LogP contribution in [0.2, 0.25) is 0 Å². The third kappa shape index (κ3) is 3.11. The molecule has 0 saturated heterocycles. The minimum atomic E-state index is -1.28. The summed E-state index contributed by atoms with van der Waals surface area (Å²) in [6.45, 7) is 5.68. The van der Waals surface area contributed by atoms with Crippen LogP contribution in [0, 0.1) is 0 Å². The van der Waals surface area contributed by atoms with Gasteiger partial charge in [0, 0.05) is 17.1 Å². The van der Waals surface area contributed by atoms with E-state index in [9.17, 15) is 4.55 Å². The highest BCUT2D eigenvalue weighted by Crippen LogP contribution is 2.25. The average Bonchev–Trinajstić information content (AvgIpc) is 2.43. The first-order valence-corrected chi connectivity index (χ1v) is 7.42. The van der Waals surface area contributed by atoms with Gasteiger partial charge in [-0.25, -0.2) is 4.98 Å². The third-order valence-corrected chi connectivity index (χ3v) is 4.14. The fourth-order valence-electron chi connectivity index (χ4n) is 1.72. The van der Waals surface area contributed by atoms with Gasteiger partial charge in [-0.2, -0.15) is 0 Å². The summed E-state index contributed by atoms with van der Waals surface area (Å²) < 4.78 is 21.0. The molecule has 1 unspecified atom stereocenters. The maximum Gasteiger partial charge on any atom is 0.221 e. The molecule has 5 heteroatoms. The molecule has 1 aromatic carbocycles. The Labute approximate surface area is 122 Å². The molecular weight excluding hydrogens is 272 g/mol. The van der Waals surface area contributed by atoms with Gasteiger partial charge in [0.05, 0.1) is 13.3 Å². The van der Waals surface area contributed by atoms with Crippen molar-refractivity contribution < 1.29 is 9.29 Å². The number of nitrogens with zero attached hydrogens (tertiary/aromatic N) is 2. The molecule has 0 N–H and O–H groups in total. The van der Waals surface area contributed by atoms with Crippen LogP contribution in [0.1, 0.15) is 26.3 Å². The summed E-state index contributed by atoms with van der Waals surface area (Å²) in [5, 5.41) is 1.90. The fraction of sp³-hybridized carbons (Fsp3) is 0.333. The van der Waals surface area contributed by atoms with E-state index in [1.807, 2.05) is 45.0 Å². The van der Waals surface area contributed by atoms with Gasteiger partial charge in [-0.15, -0.1) is 0 Å². The molecule has 0 aliphatic rings. The van der Waals surface area contributed by atoms with Crippen molar-refractivity contribution in [2.45, 2.75) is 25.5 Å². The standard InChI is InChI=1S/C15H18N2O2S/c1-15(2,3)20(18)17-10-11-9-16-14(19-4)13-8-6-5-7-12(11)13/h5-10H,1-4H3/b17-10+. The van der Waals surface area contributed by atoms with E-state index in [1.54, 1.807) is 19.5 Å². The number of methoxy groups -OCH3 is 1. The Balaban J connectivity index is 2.44. The molecular formula is C15H18N2O2S. The molecule has 4 nitrogen and oxygen atoms in total. The van der Waals surface area contributed by atoms with E-state index >= 15 is 0 Å². The lowest BCUT2D eigenvalue weighted by molar-refractivity contribution is 0.403. The first-order chi connectivity index (χ1) is 9.43. The molecule has 1 heterocycles. The maximum absolute atomic E-state index is 12.0. The zero-order valence-corrected chi connectivity index (χ0v) is 12.9. The van der Waals surface area contributed by atoms with Gasteiger partial charge in [0.2, 0.25) is 5.88 Å². The average molecular weight is 290 g/mol. The second-order valence-corrected chi connectivity index (χ2v) is 7.30. The predicted molar refractivity (Wildman–Crippen MR) is 83.8 cm³/mol. The monoisotopic (exact) mass is 290 g/mol. The minimum absolute atomic E-state index is 0.369. The molecule has 20 heavy (non-hydrogen) atoms. The molecule has 2 rings (SSSR count). The van der Waals surface area contributed by atoms with Crippen LogP contribution in [0.5, 0.6) is 5.88 Å². The summed E-state index contributed by atoms with van der Waals surface area (Å²) >= 11 is -1.28. The van der Waals surface area contributed by atoms with Crippen LogP contribution in [-0.2, 0) is 11.4 Å².